The van der Waals surface area contributed by atoms with E-state index in [1.807, 2.05) is 91.0 Å². The maximum atomic E-state index is 13.5. The predicted octanol–water partition coefficient (Wildman–Crippen LogP) is 3.88. The molecule has 3 aliphatic rings. The number of benzene rings is 3. The highest BCUT2D eigenvalue weighted by molar-refractivity contribution is 5.73. The molecule has 3 heterocycles. The third-order valence-corrected chi connectivity index (χ3v) is 12.2. The molecule has 3 saturated heterocycles. The maximum Gasteiger partial charge on any atom is 0.303 e. The second-order valence-corrected chi connectivity index (χ2v) is 18.6. The number of rotatable bonds is 26. The van der Waals surface area contributed by atoms with Gasteiger partial charge in [0, 0.05) is 48.5 Å². The van der Waals surface area contributed by atoms with Gasteiger partial charge in [-0.15, -0.1) is 6.58 Å². The molecule has 1 amide bonds. The monoisotopic (exact) mass is 1110 g/mol. The summed E-state index contributed by atoms with van der Waals surface area (Å²) in [5.74, 6) is -5.88. The smallest absolute Gasteiger partial charge is 0.303 e. The van der Waals surface area contributed by atoms with E-state index in [1.165, 1.54) is 6.92 Å². The third-order valence-electron chi connectivity index (χ3n) is 12.2. The second kappa shape index (κ2) is 30.6. The average Bonchev–Trinajstić information content (AvgIpc) is 3.55. The molecule has 3 aromatic rings. The number of carbonyl (C=O) groups is 7. The van der Waals surface area contributed by atoms with E-state index in [0.717, 1.165) is 58.2 Å². The normalized spacial score (nSPS) is 28.5. The van der Waals surface area contributed by atoms with Gasteiger partial charge < -0.3 is 76.4 Å². The Kier molecular flexibility index (Phi) is 23.9. The van der Waals surface area contributed by atoms with Crippen LogP contribution in [0.25, 0.3) is 0 Å². The molecule has 3 aliphatic heterocycles. The zero-order chi connectivity index (χ0) is 57.0. The lowest BCUT2D eigenvalue weighted by Gasteiger charge is -2.51. The Bertz CT molecular complexity index is 2460. The first-order valence-corrected chi connectivity index (χ1v) is 25.6. The first-order chi connectivity index (χ1) is 37.9. The molecule has 430 valence electrons. The van der Waals surface area contributed by atoms with Crippen molar-refractivity contribution < 1.29 is 105 Å². The summed E-state index contributed by atoms with van der Waals surface area (Å²) in [7, 11) is 0. The van der Waals surface area contributed by atoms with Crippen molar-refractivity contribution in [1.82, 2.24) is 5.32 Å². The van der Waals surface area contributed by atoms with Crippen LogP contribution in [0, 0.1) is 0 Å². The summed E-state index contributed by atoms with van der Waals surface area (Å²) in [6.45, 7) is 10.3. The summed E-state index contributed by atoms with van der Waals surface area (Å²) in [6.07, 6.45) is -19.2. The summed E-state index contributed by atoms with van der Waals surface area (Å²) in [5, 5.41) is 2.79. The number of ether oxygens (including phenoxy) is 15. The van der Waals surface area contributed by atoms with E-state index in [1.54, 1.807) is 6.08 Å². The number of hydrogen-bond acceptors (Lipinski definition) is 22. The Labute approximate surface area is 457 Å². The molecule has 1 N–H and O–H groups in total. The van der Waals surface area contributed by atoms with E-state index >= 15 is 0 Å². The SMILES string of the molecule is C=CCOCC1OC(OCc2ccccc2)C(OCc2ccccc2)C(OC2OC(COC(C)=O)C(OC3OC(COC(C)=O)C(OC(C)=O)C(OC(C)=O)C3OC(C)=O)C(OC(C)=O)C2NC(C)=O)C1OCc1ccccc1. The fourth-order valence-electron chi connectivity index (χ4n) is 9.08. The summed E-state index contributed by atoms with van der Waals surface area (Å²) >= 11 is 0. The first-order valence-electron chi connectivity index (χ1n) is 25.6. The number of nitrogens with one attached hydrogen (secondary N) is 1. The molecular formula is C56H69NO22. The van der Waals surface area contributed by atoms with Crippen molar-refractivity contribution >= 4 is 41.7 Å². The van der Waals surface area contributed by atoms with Crippen molar-refractivity contribution in [2.45, 2.75) is 160 Å². The fraction of sp³-hybridized carbons (Fsp3) is 0.518. The van der Waals surface area contributed by atoms with Crippen LogP contribution in [-0.2, 0) is 124 Å². The van der Waals surface area contributed by atoms with Crippen LogP contribution in [0.1, 0.15) is 65.2 Å². The Balaban J connectivity index is 1.49. The lowest BCUT2D eigenvalue weighted by Crippen LogP contribution is -2.70. The van der Waals surface area contributed by atoms with Crippen molar-refractivity contribution in [2.75, 3.05) is 26.4 Å². The Morgan fingerprint density at radius 2 is 0.861 bits per heavy atom. The number of hydrogen-bond donors (Lipinski definition) is 1. The van der Waals surface area contributed by atoms with Gasteiger partial charge in [0.05, 0.1) is 33.0 Å². The van der Waals surface area contributed by atoms with Gasteiger partial charge in [-0.05, 0) is 16.7 Å². The molecule has 0 saturated carbocycles. The molecule has 23 heteroatoms. The van der Waals surface area contributed by atoms with Gasteiger partial charge >= 0.3 is 35.8 Å². The van der Waals surface area contributed by atoms with Gasteiger partial charge in [-0.1, -0.05) is 97.1 Å². The molecule has 0 aromatic heterocycles. The molecule has 15 atom stereocenters. The number of carbonyl (C=O) groups excluding carboxylic acids is 7. The van der Waals surface area contributed by atoms with Crippen LogP contribution in [-0.4, -0.2) is 160 Å². The highest BCUT2D eigenvalue weighted by Gasteiger charge is 2.59. The Morgan fingerprint density at radius 1 is 0.443 bits per heavy atom. The van der Waals surface area contributed by atoms with Crippen LogP contribution < -0.4 is 5.32 Å². The van der Waals surface area contributed by atoms with Gasteiger partial charge in [0.1, 0.15) is 62.0 Å². The second-order valence-electron chi connectivity index (χ2n) is 18.6. The van der Waals surface area contributed by atoms with E-state index < -0.39 is 147 Å². The largest absolute Gasteiger partial charge is 0.463 e. The standard InChI is InChI=1S/C56H69NO22/c1-9-25-65-29-42-46(68-26-39-19-13-10-14-20-39)50(52(69-27-40-21-15-11-16-22-40)55(76-42)70-28-41-23-17-12-18-24-41)79-54-45(57-32(2)58)49(72-36(6)62)47(43(75-54)30-66-33(3)59)78-56-53(74-38(8)64)51(73-37(7)63)48(71-35(5)61)44(77-56)31-67-34(4)60/h9-24,42-56H,1,25-31H2,2-8H3,(H,57,58). The van der Waals surface area contributed by atoms with Crippen molar-refractivity contribution in [1.29, 1.82) is 0 Å². The zero-order valence-corrected chi connectivity index (χ0v) is 45.0. The average molecular weight is 1110 g/mol. The molecule has 79 heavy (non-hydrogen) atoms. The summed E-state index contributed by atoms with van der Waals surface area (Å²) in [4.78, 5) is 90.0. The minimum Gasteiger partial charge on any atom is -0.463 e. The van der Waals surface area contributed by atoms with Crippen LogP contribution in [0.3, 0.4) is 0 Å². The third kappa shape index (κ3) is 18.7. The van der Waals surface area contributed by atoms with Gasteiger partial charge in [0.25, 0.3) is 0 Å². The highest BCUT2D eigenvalue weighted by Crippen LogP contribution is 2.38. The van der Waals surface area contributed by atoms with E-state index in [0.29, 0.717) is 0 Å². The molecule has 0 radical (unpaired) electrons. The molecule has 23 nitrogen and oxygen atoms in total. The Morgan fingerprint density at radius 3 is 1.35 bits per heavy atom. The molecule has 0 aliphatic carbocycles. The molecule has 0 bridgehead atoms. The van der Waals surface area contributed by atoms with Gasteiger partial charge in [-0.2, -0.15) is 0 Å². The molecule has 15 unspecified atom stereocenters. The predicted molar refractivity (Wildman–Crippen MR) is 271 cm³/mol. The molecule has 6 rings (SSSR count). The van der Waals surface area contributed by atoms with Gasteiger partial charge in [0.15, 0.2) is 43.3 Å². The first kappa shape index (κ1) is 61.5. The number of esters is 6. The lowest BCUT2D eigenvalue weighted by atomic mass is 9.93. The van der Waals surface area contributed by atoms with E-state index in [2.05, 4.69) is 11.9 Å². The van der Waals surface area contributed by atoms with Crippen molar-refractivity contribution in [3.05, 3.63) is 120 Å². The van der Waals surface area contributed by atoms with Crippen LogP contribution in [0.2, 0.25) is 0 Å². The Hall–Kier alpha value is -6.67. The van der Waals surface area contributed by atoms with Crippen molar-refractivity contribution in [2.24, 2.45) is 0 Å². The summed E-state index contributed by atoms with van der Waals surface area (Å²) in [6, 6.07) is 26.3. The van der Waals surface area contributed by atoms with E-state index in [-0.39, 0.29) is 33.0 Å². The molecule has 3 aromatic carbocycles. The van der Waals surface area contributed by atoms with Gasteiger partial charge in [0.2, 0.25) is 5.91 Å². The number of amides is 1. The van der Waals surface area contributed by atoms with Crippen LogP contribution in [0.4, 0.5) is 0 Å². The molecule has 3 fully saturated rings. The van der Waals surface area contributed by atoms with Gasteiger partial charge in [-0.3, -0.25) is 33.6 Å². The quantitative estimate of drug-likeness (QED) is 0.0517. The minimum atomic E-state index is -1.89. The van der Waals surface area contributed by atoms with Crippen molar-refractivity contribution in [3.63, 3.8) is 0 Å². The maximum absolute atomic E-state index is 13.5. The van der Waals surface area contributed by atoms with Crippen LogP contribution >= 0.6 is 0 Å². The van der Waals surface area contributed by atoms with Crippen LogP contribution in [0.5, 0.6) is 0 Å². The van der Waals surface area contributed by atoms with Crippen molar-refractivity contribution in [3.8, 4) is 0 Å². The summed E-state index contributed by atoms with van der Waals surface area (Å²) < 4.78 is 93.5. The highest BCUT2D eigenvalue weighted by atomic mass is 16.8. The minimum absolute atomic E-state index is 0.000656. The van der Waals surface area contributed by atoms with E-state index in [9.17, 15) is 33.6 Å². The van der Waals surface area contributed by atoms with Crippen LogP contribution in [0.15, 0.2) is 104 Å². The molecule has 0 spiro atoms. The fourth-order valence-corrected chi connectivity index (χ4v) is 9.08. The topological polar surface area (TPSA) is 270 Å². The molecular weight excluding hydrogens is 1040 g/mol. The van der Waals surface area contributed by atoms with Gasteiger partial charge in [-0.25, -0.2) is 0 Å². The van der Waals surface area contributed by atoms with E-state index in [4.69, 9.17) is 71.1 Å². The summed E-state index contributed by atoms with van der Waals surface area (Å²) in [5.41, 5.74) is 2.35. The lowest BCUT2D eigenvalue weighted by molar-refractivity contribution is -0.375. The zero-order valence-electron chi connectivity index (χ0n) is 45.0.